The van der Waals surface area contributed by atoms with Crippen molar-refractivity contribution in [3.8, 4) is 11.5 Å². The number of carbonyl (C=O) groups excluding carboxylic acids is 1. The molecule has 3 rings (SSSR count). The number of amides is 1. The lowest BCUT2D eigenvalue weighted by Crippen LogP contribution is -2.12. The lowest BCUT2D eigenvalue weighted by atomic mass is 10.2. The van der Waals surface area contributed by atoms with Gasteiger partial charge in [0.15, 0.2) is 0 Å². The smallest absolute Gasteiger partial charge is 0.322 e. The molecule has 2 aromatic heterocycles. The van der Waals surface area contributed by atoms with Crippen molar-refractivity contribution in [2.45, 2.75) is 0 Å². The average molecular weight is 335 g/mol. The molecule has 0 saturated carbocycles. The predicted octanol–water partition coefficient (Wildman–Crippen LogP) is 3.69. The number of benzene rings is 1. The fourth-order valence-electron chi connectivity index (χ4n) is 1.74. The molecule has 3 aromatic rings. The molecule has 22 heavy (non-hydrogen) atoms. The Morgan fingerprint density at radius 2 is 1.73 bits per heavy atom. The molecule has 2 heterocycles. The van der Waals surface area contributed by atoms with Crippen molar-refractivity contribution < 1.29 is 9.21 Å². The zero-order valence-corrected chi connectivity index (χ0v) is 12.5. The number of nitrogens with one attached hydrogen (secondary N) is 1. The molecule has 0 saturated heterocycles. The summed E-state index contributed by atoms with van der Waals surface area (Å²) in [4.78, 5) is 16.0. The van der Waals surface area contributed by atoms with Gasteiger partial charge in [0.1, 0.15) is 0 Å². The van der Waals surface area contributed by atoms with Gasteiger partial charge in [0, 0.05) is 33.6 Å². The Morgan fingerprint density at radius 3 is 2.41 bits per heavy atom. The molecule has 1 aromatic carbocycles. The van der Waals surface area contributed by atoms with Crippen LogP contribution in [-0.2, 0) is 0 Å². The van der Waals surface area contributed by atoms with Crippen LogP contribution in [0.4, 0.5) is 6.01 Å². The SMILES string of the molecule is O=C(Nc1nnc(-c2ccncc2)o1)c1cc(Cl)cc(Cl)c1. The Morgan fingerprint density at radius 1 is 1.05 bits per heavy atom. The zero-order valence-electron chi connectivity index (χ0n) is 11.0. The standard InChI is InChI=1S/C14H8Cl2N4O2/c15-10-5-9(6-11(16)7-10)12(21)18-14-20-19-13(22-14)8-1-3-17-4-2-8/h1-7H,(H,18,20,21). The van der Waals surface area contributed by atoms with E-state index in [4.69, 9.17) is 27.6 Å². The third-order valence-corrected chi connectivity index (χ3v) is 3.13. The van der Waals surface area contributed by atoms with E-state index in [0.29, 0.717) is 21.2 Å². The topological polar surface area (TPSA) is 80.9 Å². The number of anilines is 1. The van der Waals surface area contributed by atoms with Crippen molar-refractivity contribution in [3.63, 3.8) is 0 Å². The number of hydrogen-bond donors (Lipinski definition) is 1. The molecule has 0 fully saturated rings. The highest BCUT2D eigenvalue weighted by atomic mass is 35.5. The first kappa shape index (κ1) is 14.5. The molecular weight excluding hydrogens is 327 g/mol. The minimum atomic E-state index is -0.450. The number of aromatic nitrogens is 3. The Hall–Kier alpha value is -2.44. The van der Waals surface area contributed by atoms with Crippen LogP contribution in [0.15, 0.2) is 47.1 Å². The van der Waals surface area contributed by atoms with E-state index < -0.39 is 5.91 Å². The second-order valence-electron chi connectivity index (χ2n) is 4.26. The number of carbonyl (C=O) groups is 1. The largest absolute Gasteiger partial charge is 0.403 e. The zero-order chi connectivity index (χ0) is 15.5. The van der Waals surface area contributed by atoms with Gasteiger partial charge in [-0.25, -0.2) is 0 Å². The van der Waals surface area contributed by atoms with Crippen LogP contribution < -0.4 is 5.32 Å². The summed E-state index contributed by atoms with van der Waals surface area (Å²) < 4.78 is 5.37. The minimum Gasteiger partial charge on any atom is -0.403 e. The summed E-state index contributed by atoms with van der Waals surface area (Å²) in [7, 11) is 0. The van der Waals surface area contributed by atoms with E-state index in [9.17, 15) is 4.79 Å². The van der Waals surface area contributed by atoms with Gasteiger partial charge in [-0.1, -0.05) is 28.3 Å². The third kappa shape index (κ3) is 3.24. The molecule has 0 bridgehead atoms. The summed E-state index contributed by atoms with van der Waals surface area (Å²) >= 11 is 11.7. The lowest BCUT2D eigenvalue weighted by molar-refractivity contribution is 0.102. The number of halogens is 2. The van der Waals surface area contributed by atoms with Gasteiger partial charge >= 0.3 is 6.01 Å². The minimum absolute atomic E-state index is 0.0205. The molecule has 1 amide bonds. The molecule has 0 atom stereocenters. The molecule has 0 aliphatic carbocycles. The van der Waals surface area contributed by atoms with Gasteiger partial charge in [-0.15, -0.1) is 5.10 Å². The third-order valence-electron chi connectivity index (χ3n) is 2.70. The summed E-state index contributed by atoms with van der Waals surface area (Å²) in [5, 5.41) is 10.8. The van der Waals surface area contributed by atoms with Gasteiger partial charge in [0.25, 0.3) is 5.91 Å². The van der Waals surface area contributed by atoms with Gasteiger partial charge < -0.3 is 4.42 Å². The van der Waals surface area contributed by atoms with Gasteiger partial charge in [0.05, 0.1) is 0 Å². The monoisotopic (exact) mass is 334 g/mol. The Bertz CT molecular complexity index is 800. The molecule has 0 unspecified atom stereocenters. The Labute approximate surface area is 135 Å². The molecule has 110 valence electrons. The van der Waals surface area contributed by atoms with E-state index in [1.807, 2.05) is 0 Å². The first-order valence-electron chi connectivity index (χ1n) is 6.13. The maximum absolute atomic E-state index is 12.1. The van der Waals surface area contributed by atoms with Gasteiger partial charge in [-0.2, -0.15) is 0 Å². The van der Waals surface area contributed by atoms with Crippen molar-refractivity contribution in [1.29, 1.82) is 0 Å². The first-order chi connectivity index (χ1) is 10.6. The lowest BCUT2D eigenvalue weighted by Gasteiger charge is -2.02. The second kappa shape index (κ2) is 6.13. The van der Waals surface area contributed by atoms with E-state index in [0.717, 1.165) is 0 Å². The molecule has 8 heteroatoms. The molecule has 6 nitrogen and oxygen atoms in total. The van der Waals surface area contributed by atoms with Crippen LogP contribution in [0.1, 0.15) is 10.4 Å². The maximum Gasteiger partial charge on any atom is 0.322 e. The second-order valence-corrected chi connectivity index (χ2v) is 5.13. The highest BCUT2D eigenvalue weighted by Gasteiger charge is 2.13. The molecular formula is C14H8Cl2N4O2. The van der Waals surface area contributed by atoms with Gasteiger partial charge in [-0.05, 0) is 30.3 Å². The quantitative estimate of drug-likeness (QED) is 0.789. The molecule has 1 N–H and O–H groups in total. The molecule has 0 spiro atoms. The van der Waals surface area contributed by atoms with Crippen LogP contribution in [0.5, 0.6) is 0 Å². The predicted molar refractivity (Wildman–Crippen MR) is 81.9 cm³/mol. The van der Waals surface area contributed by atoms with Crippen molar-refractivity contribution >= 4 is 35.1 Å². The van der Waals surface area contributed by atoms with Crippen LogP contribution in [-0.4, -0.2) is 21.1 Å². The number of hydrogen-bond acceptors (Lipinski definition) is 5. The van der Waals surface area contributed by atoms with E-state index >= 15 is 0 Å². The van der Waals surface area contributed by atoms with E-state index in [-0.39, 0.29) is 11.9 Å². The van der Waals surface area contributed by atoms with E-state index in [1.165, 1.54) is 18.2 Å². The average Bonchev–Trinajstić information content (AvgIpc) is 2.95. The van der Waals surface area contributed by atoms with Crippen LogP contribution in [0.2, 0.25) is 10.0 Å². The highest BCUT2D eigenvalue weighted by Crippen LogP contribution is 2.21. The van der Waals surface area contributed by atoms with Gasteiger partial charge in [0.2, 0.25) is 5.89 Å². The van der Waals surface area contributed by atoms with Crippen molar-refractivity contribution in [1.82, 2.24) is 15.2 Å². The normalized spacial score (nSPS) is 10.5. The molecule has 0 aliphatic rings. The number of pyridine rings is 1. The van der Waals surface area contributed by atoms with Crippen molar-refractivity contribution in [2.24, 2.45) is 0 Å². The summed E-state index contributed by atoms with van der Waals surface area (Å²) in [6, 6.07) is 7.93. The fourth-order valence-corrected chi connectivity index (χ4v) is 2.27. The van der Waals surface area contributed by atoms with Crippen molar-refractivity contribution in [3.05, 3.63) is 58.3 Å². The molecule has 0 aliphatic heterocycles. The molecule has 0 radical (unpaired) electrons. The summed E-state index contributed by atoms with van der Waals surface area (Å²) in [6.07, 6.45) is 3.21. The van der Waals surface area contributed by atoms with Crippen LogP contribution in [0.25, 0.3) is 11.5 Å². The first-order valence-corrected chi connectivity index (χ1v) is 6.89. The summed E-state index contributed by atoms with van der Waals surface area (Å²) in [6.45, 7) is 0. The summed E-state index contributed by atoms with van der Waals surface area (Å²) in [5.74, 6) is -0.170. The maximum atomic E-state index is 12.1. The van der Waals surface area contributed by atoms with Crippen molar-refractivity contribution in [2.75, 3.05) is 5.32 Å². The highest BCUT2D eigenvalue weighted by molar-refractivity contribution is 6.35. The number of nitrogens with zero attached hydrogens (tertiary/aromatic N) is 3. The van der Waals surface area contributed by atoms with Crippen LogP contribution in [0, 0.1) is 0 Å². The summed E-state index contributed by atoms with van der Waals surface area (Å²) in [5.41, 5.74) is 0.995. The van der Waals surface area contributed by atoms with E-state index in [2.05, 4.69) is 20.5 Å². The number of rotatable bonds is 3. The van der Waals surface area contributed by atoms with Crippen LogP contribution in [0.3, 0.4) is 0 Å². The van der Waals surface area contributed by atoms with Gasteiger partial charge in [-0.3, -0.25) is 15.1 Å². The van der Waals surface area contributed by atoms with E-state index in [1.54, 1.807) is 24.5 Å². The Kier molecular flexibility index (Phi) is 4.04. The fraction of sp³-hybridized carbons (Fsp3) is 0. The van der Waals surface area contributed by atoms with Crippen LogP contribution >= 0.6 is 23.2 Å². The Balaban J connectivity index is 1.79.